The van der Waals surface area contributed by atoms with Crippen LogP contribution in [-0.2, 0) is 6.18 Å². The number of rotatable bonds is 4. The Labute approximate surface area is 150 Å². The van der Waals surface area contributed by atoms with Gasteiger partial charge in [-0.3, -0.25) is 19.7 Å². The lowest BCUT2D eigenvalue weighted by molar-refractivity contribution is -0.137. The molecule has 3 rings (SSSR count). The van der Waals surface area contributed by atoms with Crippen molar-refractivity contribution in [3.63, 3.8) is 0 Å². The number of carbonyl (C=O) groups is 1. The molecule has 3 aromatic heterocycles. The van der Waals surface area contributed by atoms with E-state index in [9.17, 15) is 18.0 Å². The summed E-state index contributed by atoms with van der Waals surface area (Å²) < 4.78 is 38.3. The fraction of sp³-hybridized carbons (Fsp3) is 0.188. The molecule has 0 fully saturated rings. The van der Waals surface area contributed by atoms with Gasteiger partial charge in [0.25, 0.3) is 5.91 Å². The minimum atomic E-state index is -4.57. The third kappa shape index (κ3) is 3.85. The Kier molecular flexibility index (Phi) is 4.94. The van der Waals surface area contributed by atoms with E-state index in [1.54, 1.807) is 18.5 Å². The second kappa shape index (κ2) is 7.16. The van der Waals surface area contributed by atoms with Gasteiger partial charge in [-0.25, -0.2) is 4.98 Å². The molecule has 10 heteroatoms. The molecular weight excluding hydrogens is 367 g/mol. The van der Waals surface area contributed by atoms with Crippen LogP contribution in [0.15, 0.2) is 42.4 Å². The standard InChI is InChI=1S/C16H12F3N5OS/c1-9(12-13(22-3-2-21-12)15-23-4-5-26-15)24-14(25)10-6-11(8-20-7-10)16(17,18)19/h2-9H,1H3,(H,24,25). The minimum Gasteiger partial charge on any atom is -0.344 e. The molecule has 26 heavy (non-hydrogen) atoms. The Morgan fingerprint density at radius 2 is 1.92 bits per heavy atom. The van der Waals surface area contributed by atoms with Gasteiger partial charge in [0, 0.05) is 36.4 Å². The summed E-state index contributed by atoms with van der Waals surface area (Å²) in [6.45, 7) is 1.67. The van der Waals surface area contributed by atoms with E-state index < -0.39 is 23.7 Å². The summed E-state index contributed by atoms with van der Waals surface area (Å²) in [5, 5.41) is 5.04. The third-order valence-electron chi connectivity index (χ3n) is 3.45. The van der Waals surface area contributed by atoms with Crippen molar-refractivity contribution >= 4 is 17.2 Å². The van der Waals surface area contributed by atoms with Gasteiger partial charge in [0.05, 0.1) is 22.9 Å². The van der Waals surface area contributed by atoms with Crippen LogP contribution in [0.25, 0.3) is 10.7 Å². The summed E-state index contributed by atoms with van der Waals surface area (Å²) >= 11 is 1.37. The van der Waals surface area contributed by atoms with Crippen LogP contribution >= 0.6 is 11.3 Å². The minimum absolute atomic E-state index is 0.189. The van der Waals surface area contributed by atoms with Crippen molar-refractivity contribution in [3.05, 3.63) is 59.3 Å². The second-order valence-corrected chi connectivity index (χ2v) is 6.18. The molecule has 0 saturated carbocycles. The van der Waals surface area contributed by atoms with Crippen molar-refractivity contribution < 1.29 is 18.0 Å². The van der Waals surface area contributed by atoms with Gasteiger partial charge in [-0.05, 0) is 13.0 Å². The van der Waals surface area contributed by atoms with Gasteiger partial charge in [-0.2, -0.15) is 13.2 Å². The molecule has 1 atom stereocenters. The summed E-state index contributed by atoms with van der Waals surface area (Å²) in [5.41, 5.74) is -0.194. The number of carbonyl (C=O) groups excluding carboxylic acids is 1. The van der Waals surface area contributed by atoms with Crippen LogP contribution < -0.4 is 5.32 Å². The number of amides is 1. The SMILES string of the molecule is CC(NC(=O)c1cncc(C(F)(F)F)c1)c1nccnc1-c1nccs1. The van der Waals surface area contributed by atoms with E-state index in [2.05, 4.69) is 25.3 Å². The van der Waals surface area contributed by atoms with E-state index in [1.165, 1.54) is 23.7 Å². The third-order valence-corrected chi connectivity index (χ3v) is 4.23. The first kappa shape index (κ1) is 17.9. The molecular formula is C16H12F3N5OS. The quantitative estimate of drug-likeness (QED) is 0.750. The predicted molar refractivity (Wildman–Crippen MR) is 88.3 cm³/mol. The number of nitrogens with zero attached hydrogens (tertiary/aromatic N) is 4. The number of halogens is 3. The average Bonchev–Trinajstić information content (AvgIpc) is 3.15. The number of hydrogen-bond donors (Lipinski definition) is 1. The highest BCUT2D eigenvalue weighted by Crippen LogP contribution is 2.29. The molecule has 134 valence electrons. The van der Waals surface area contributed by atoms with Gasteiger partial charge in [-0.1, -0.05) is 0 Å². The largest absolute Gasteiger partial charge is 0.417 e. The highest BCUT2D eigenvalue weighted by molar-refractivity contribution is 7.13. The van der Waals surface area contributed by atoms with Gasteiger partial charge in [0.2, 0.25) is 0 Å². The van der Waals surface area contributed by atoms with E-state index in [-0.39, 0.29) is 5.56 Å². The summed E-state index contributed by atoms with van der Waals surface area (Å²) in [5.74, 6) is -0.688. The Hall–Kier alpha value is -2.88. The summed E-state index contributed by atoms with van der Waals surface area (Å²) in [6, 6.07) is 0.164. The Morgan fingerprint density at radius 1 is 1.15 bits per heavy atom. The average molecular weight is 379 g/mol. The van der Waals surface area contributed by atoms with Gasteiger partial charge in [0.15, 0.2) is 0 Å². The van der Waals surface area contributed by atoms with Gasteiger partial charge < -0.3 is 5.32 Å². The number of thiazole rings is 1. The molecule has 0 bridgehead atoms. The maximum Gasteiger partial charge on any atom is 0.417 e. The second-order valence-electron chi connectivity index (χ2n) is 5.28. The Bertz CT molecular complexity index is 914. The molecule has 0 aliphatic carbocycles. The summed E-state index contributed by atoms with van der Waals surface area (Å²) in [6.07, 6.45) is 1.78. The highest BCUT2D eigenvalue weighted by Gasteiger charge is 2.31. The van der Waals surface area contributed by atoms with Crippen molar-refractivity contribution in [2.24, 2.45) is 0 Å². The van der Waals surface area contributed by atoms with Crippen LogP contribution in [0, 0.1) is 0 Å². The molecule has 0 aromatic carbocycles. The van der Waals surface area contributed by atoms with E-state index in [0.717, 1.165) is 12.3 Å². The molecule has 0 saturated heterocycles. The molecule has 6 nitrogen and oxygen atoms in total. The molecule has 3 aromatic rings. The van der Waals surface area contributed by atoms with Crippen LogP contribution in [0.4, 0.5) is 13.2 Å². The van der Waals surface area contributed by atoms with Gasteiger partial charge in [-0.15, -0.1) is 11.3 Å². The first-order valence-corrected chi connectivity index (χ1v) is 8.28. The van der Waals surface area contributed by atoms with Crippen LogP contribution in [0.2, 0.25) is 0 Å². The fourth-order valence-corrected chi connectivity index (χ4v) is 2.88. The lowest BCUT2D eigenvalue weighted by Gasteiger charge is -2.16. The lowest BCUT2D eigenvalue weighted by atomic mass is 10.1. The zero-order valence-electron chi connectivity index (χ0n) is 13.4. The molecule has 1 N–H and O–H groups in total. The number of nitrogens with one attached hydrogen (secondary N) is 1. The molecule has 3 heterocycles. The first-order valence-electron chi connectivity index (χ1n) is 7.40. The summed E-state index contributed by atoms with van der Waals surface area (Å²) in [7, 11) is 0. The van der Waals surface area contributed by atoms with Crippen molar-refractivity contribution in [2.45, 2.75) is 19.1 Å². The van der Waals surface area contributed by atoms with Crippen molar-refractivity contribution in [1.29, 1.82) is 0 Å². The lowest BCUT2D eigenvalue weighted by Crippen LogP contribution is -2.28. The number of hydrogen-bond acceptors (Lipinski definition) is 6. The zero-order chi connectivity index (χ0) is 18.7. The first-order chi connectivity index (χ1) is 12.4. The Balaban J connectivity index is 1.83. The number of alkyl halides is 3. The van der Waals surface area contributed by atoms with E-state index in [1.807, 2.05) is 0 Å². The zero-order valence-corrected chi connectivity index (χ0v) is 14.2. The Morgan fingerprint density at radius 3 is 2.62 bits per heavy atom. The topological polar surface area (TPSA) is 80.7 Å². The van der Waals surface area contributed by atoms with Crippen molar-refractivity contribution in [3.8, 4) is 10.7 Å². The van der Waals surface area contributed by atoms with E-state index in [0.29, 0.717) is 22.6 Å². The maximum absolute atomic E-state index is 12.8. The molecule has 1 amide bonds. The molecule has 0 aliphatic rings. The molecule has 1 unspecified atom stereocenters. The van der Waals surface area contributed by atoms with Crippen LogP contribution in [0.5, 0.6) is 0 Å². The van der Waals surface area contributed by atoms with Crippen LogP contribution in [0.1, 0.15) is 34.6 Å². The number of pyridine rings is 1. The smallest absolute Gasteiger partial charge is 0.344 e. The number of aromatic nitrogens is 4. The monoisotopic (exact) mass is 379 g/mol. The van der Waals surface area contributed by atoms with Crippen LogP contribution in [0.3, 0.4) is 0 Å². The van der Waals surface area contributed by atoms with Gasteiger partial charge in [0.1, 0.15) is 10.7 Å². The van der Waals surface area contributed by atoms with Crippen molar-refractivity contribution in [1.82, 2.24) is 25.3 Å². The van der Waals surface area contributed by atoms with Crippen molar-refractivity contribution in [2.75, 3.05) is 0 Å². The molecule has 0 aliphatic heterocycles. The fourth-order valence-electron chi connectivity index (χ4n) is 2.24. The maximum atomic E-state index is 12.8. The van der Waals surface area contributed by atoms with Gasteiger partial charge >= 0.3 is 6.18 Å². The molecule has 0 spiro atoms. The normalized spacial score (nSPS) is 12.6. The summed E-state index contributed by atoms with van der Waals surface area (Å²) in [4.78, 5) is 28.5. The van der Waals surface area contributed by atoms with E-state index >= 15 is 0 Å². The van der Waals surface area contributed by atoms with Crippen LogP contribution in [-0.4, -0.2) is 25.8 Å². The predicted octanol–water partition coefficient (Wildman–Crippen LogP) is 3.50. The molecule has 0 radical (unpaired) electrons. The highest BCUT2D eigenvalue weighted by atomic mass is 32.1. The van der Waals surface area contributed by atoms with E-state index in [4.69, 9.17) is 0 Å².